The van der Waals surface area contributed by atoms with Crippen molar-refractivity contribution in [1.29, 1.82) is 0 Å². The SMILES string of the molecule is C/C(=C\C#Cc1ncnc2nc[nH]c12)COC1CCCCO1. The molecule has 0 aliphatic carbocycles. The molecule has 3 rings (SSSR count). The molecule has 22 heavy (non-hydrogen) atoms. The predicted molar refractivity (Wildman–Crippen MR) is 81.9 cm³/mol. The molecule has 114 valence electrons. The van der Waals surface area contributed by atoms with E-state index in [9.17, 15) is 0 Å². The molecule has 1 atom stereocenters. The number of H-pyrrole nitrogens is 1. The van der Waals surface area contributed by atoms with Crippen molar-refractivity contribution in [3.8, 4) is 11.8 Å². The van der Waals surface area contributed by atoms with Crippen LogP contribution in [0.25, 0.3) is 11.2 Å². The second kappa shape index (κ2) is 7.16. The van der Waals surface area contributed by atoms with Crippen LogP contribution in [0, 0.1) is 11.8 Å². The third-order valence-corrected chi connectivity index (χ3v) is 3.37. The van der Waals surface area contributed by atoms with E-state index in [0.29, 0.717) is 17.9 Å². The number of nitrogens with zero attached hydrogens (tertiary/aromatic N) is 3. The zero-order chi connectivity index (χ0) is 15.2. The summed E-state index contributed by atoms with van der Waals surface area (Å²) >= 11 is 0. The van der Waals surface area contributed by atoms with Gasteiger partial charge in [0.1, 0.15) is 17.5 Å². The van der Waals surface area contributed by atoms with Crippen molar-refractivity contribution in [2.24, 2.45) is 0 Å². The molecule has 0 radical (unpaired) electrons. The lowest BCUT2D eigenvalue weighted by Crippen LogP contribution is -2.22. The van der Waals surface area contributed by atoms with E-state index in [1.165, 1.54) is 12.7 Å². The van der Waals surface area contributed by atoms with E-state index in [1.54, 1.807) is 6.33 Å². The van der Waals surface area contributed by atoms with Crippen LogP contribution in [0.3, 0.4) is 0 Å². The number of nitrogens with one attached hydrogen (secondary N) is 1. The number of hydrogen-bond acceptors (Lipinski definition) is 5. The molecule has 6 nitrogen and oxygen atoms in total. The molecule has 1 aliphatic rings. The minimum Gasteiger partial charge on any atom is -0.353 e. The van der Waals surface area contributed by atoms with Gasteiger partial charge in [-0.25, -0.2) is 15.0 Å². The molecule has 3 heterocycles. The van der Waals surface area contributed by atoms with Gasteiger partial charge in [-0.3, -0.25) is 0 Å². The Kier molecular flexibility index (Phi) is 4.78. The van der Waals surface area contributed by atoms with Gasteiger partial charge in [0.25, 0.3) is 0 Å². The van der Waals surface area contributed by atoms with Crippen molar-refractivity contribution in [2.75, 3.05) is 13.2 Å². The predicted octanol–water partition coefficient (Wildman–Crippen LogP) is 2.19. The van der Waals surface area contributed by atoms with Gasteiger partial charge in [-0.05, 0) is 43.8 Å². The fourth-order valence-electron chi connectivity index (χ4n) is 2.20. The third kappa shape index (κ3) is 3.70. The summed E-state index contributed by atoms with van der Waals surface area (Å²) in [5.41, 5.74) is 3.07. The quantitative estimate of drug-likeness (QED) is 0.879. The van der Waals surface area contributed by atoms with Crippen molar-refractivity contribution in [2.45, 2.75) is 32.5 Å². The normalized spacial score (nSPS) is 19.0. The van der Waals surface area contributed by atoms with Gasteiger partial charge < -0.3 is 14.5 Å². The smallest absolute Gasteiger partial charge is 0.181 e. The Morgan fingerprint density at radius 3 is 3.27 bits per heavy atom. The van der Waals surface area contributed by atoms with Crippen LogP contribution in [0.5, 0.6) is 0 Å². The molecule has 1 aliphatic heterocycles. The molecule has 0 saturated carbocycles. The topological polar surface area (TPSA) is 72.9 Å². The monoisotopic (exact) mass is 298 g/mol. The number of hydrogen-bond donors (Lipinski definition) is 1. The standard InChI is InChI=1S/C16H18N4O2/c1-12(9-22-14-7-2-3-8-21-14)5-4-6-13-15-16(19-10-17-13)20-11-18-15/h5,10-11,14H,2-3,7-9H2,1H3,(H,17,18,19,20)/b12-5+. The highest BCUT2D eigenvalue weighted by atomic mass is 16.7. The van der Waals surface area contributed by atoms with Crippen molar-refractivity contribution in [1.82, 2.24) is 19.9 Å². The second-order valence-corrected chi connectivity index (χ2v) is 5.19. The molecule has 1 unspecified atom stereocenters. The molecule has 2 aromatic heterocycles. The highest BCUT2D eigenvalue weighted by molar-refractivity contribution is 5.75. The number of rotatable bonds is 3. The summed E-state index contributed by atoms with van der Waals surface area (Å²) in [5.74, 6) is 6.01. The highest BCUT2D eigenvalue weighted by Gasteiger charge is 2.13. The summed E-state index contributed by atoms with van der Waals surface area (Å²) in [4.78, 5) is 15.3. The molecule has 0 aromatic carbocycles. The Morgan fingerprint density at radius 1 is 1.45 bits per heavy atom. The zero-order valence-corrected chi connectivity index (χ0v) is 12.5. The van der Waals surface area contributed by atoms with Crippen molar-refractivity contribution < 1.29 is 9.47 Å². The molecule has 0 bridgehead atoms. The first-order valence-corrected chi connectivity index (χ1v) is 7.37. The van der Waals surface area contributed by atoms with Crippen molar-refractivity contribution in [3.05, 3.63) is 30.0 Å². The third-order valence-electron chi connectivity index (χ3n) is 3.37. The van der Waals surface area contributed by atoms with Crippen LogP contribution in [-0.2, 0) is 9.47 Å². The van der Waals surface area contributed by atoms with Gasteiger partial charge in [0.15, 0.2) is 11.9 Å². The maximum Gasteiger partial charge on any atom is 0.181 e. The van der Waals surface area contributed by atoms with E-state index < -0.39 is 0 Å². The van der Waals surface area contributed by atoms with E-state index in [1.807, 2.05) is 13.0 Å². The first-order chi connectivity index (χ1) is 10.8. The van der Waals surface area contributed by atoms with Crippen LogP contribution in [0.15, 0.2) is 24.3 Å². The molecule has 1 saturated heterocycles. The molecule has 1 N–H and O–H groups in total. The summed E-state index contributed by atoms with van der Waals surface area (Å²) in [6.07, 6.45) is 8.08. The summed E-state index contributed by atoms with van der Waals surface area (Å²) < 4.78 is 11.2. The molecule has 6 heteroatoms. The minimum absolute atomic E-state index is 0.0726. The number of ether oxygens (including phenoxy) is 2. The molecular formula is C16H18N4O2. The van der Waals surface area contributed by atoms with Crippen LogP contribution in [-0.4, -0.2) is 39.4 Å². The minimum atomic E-state index is -0.0726. The van der Waals surface area contributed by atoms with Crippen LogP contribution in [0.2, 0.25) is 0 Å². The van der Waals surface area contributed by atoms with Crippen LogP contribution < -0.4 is 0 Å². The average Bonchev–Trinajstić information content (AvgIpc) is 3.03. The number of fused-ring (bicyclic) bond motifs is 1. The van der Waals surface area contributed by atoms with Crippen LogP contribution in [0.1, 0.15) is 31.9 Å². The summed E-state index contributed by atoms with van der Waals surface area (Å²) in [7, 11) is 0. The maximum absolute atomic E-state index is 5.71. The van der Waals surface area contributed by atoms with Crippen molar-refractivity contribution in [3.63, 3.8) is 0 Å². The van der Waals surface area contributed by atoms with Crippen LogP contribution >= 0.6 is 0 Å². The Hall–Kier alpha value is -2.23. The highest BCUT2D eigenvalue weighted by Crippen LogP contribution is 2.14. The first kappa shape index (κ1) is 14.7. The average molecular weight is 298 g/mol. The first-order valence-electron chi connectivity index (χ1n) is 7.37. The Bertz CT molecular complexity index is 720. The summed E-state index contributed by atoms with van der Waals surface area (Å²) in [6, 6.07) is 0. The maximum atomic E-state index is 5.71. The van der Waals surface area contributed by atoms with E-state index in [2.05, 4.69) is 31.8 Å². The van der Waals surface area contributed by atoms with E-state index >= 15 is 0 Å². The number of allylic oxidation sites excluding steroid dienone is 1. The van der Waals surface area contributed by atoms with Crippen LogP contribution in [0.4, 0.5) is 0 Å². The molecule has 2 aromatic rings. The molecule has 0 spiro atoms. The van der Waals surface area contributed by atoms with E-state index in [4.69, 9.17) is 9.47 Å². The van der Waals surface area contributed by atoms with Gasteiger partial charge in [-0.2, -0.15) is 0 Å². The second-order valence-electron chi connectivity index (χ2n) is 5.19. The largest absolute Gasteiger partial charge is 0.353 e. The van der Waals surface area contributed by atoms with Crippen molar-refractivity contribution >= 4 is 11.2 Å². The number of imidazole rings is 1. The number of aromatic amines is 1. The summed E-state index contributed by atoms with van der Waals surface area (Å²) in [5, 5.41) is 0. The van der Waals surface area contributed by atoms with Gasteiger partial charge in [0, 0.05) is 6.61 Å². The van der Waals surface area contributed by atoms with E-state index in [0.717, 1.165) is 30.5 Å². The molecule has 0 amide bonds. The lowest BCUT2D eigenvalue weighted by Gasteiger charge is -2.22. The fraction of sp³-hybridized carbons (Fsp3) is 0.438. The Labute approximate surface area is 129 Å². The van der Waals surface area contributed by atoms with Gasteiger partial charge >= 0.3 is 0 Å². The number of aromatic nitrogens is 4. The Morgan fingerprint density at radius 2 is 2.41 bits per heavy atom. The lowest BCUT2D eigenvalue weighted by molar-refractivity contribution is -0.156. The molecular weight excluding hydrogens is 280 g/mol. The van der Waals surface area contributed by atoms with Gasteiger partial charge in [-0.1, -0.05) is 5.92 Å². The van der Waals surface area contributed by atoms with Gasteiger partial charge in [0.2, 0.25) is 0 Å². The van der Waals surface area contributed by atoms with E-state index in [-0.39, 0.29) is 6.29 Å². The summed E-state index contributed by atoms with van der Waals surface area (Å²) in [6.45, 7) is 3.31. The van der Waals surface area contributed by atoms with Gasteiger partial charge in [0.05, 0.1) is 12.9 Å². The Balaban J connectivity index is 1.60. The zero-order valence-electron chi connectivity index (χ0n) is 12.5. The lowest BCUT2D eigenvalue weighted by atomic mass is 10.2. The van der Waals surface area contributed by atoms with Gasteiger partial charge in [-0.15, -0.1) is 0 Å². The molecule has 1 fully saturated rings. The fourth-order valence-corrected chi connectivity index (χ4v) is 2.20.